The van der Waals surface area contributed by atoms with Crippen molar-refractivity contribution in [1.29, 1.82) is 0 Å². The van der Waals surface area contributed by atoms with Gasteiger partial charge in [0.1, 0.15) is 5.69 Å². The Balaban J connectivity index is 1.44. The number of aryl methyl sites for hydroxylation is 1. The highest BCUT2D eigenvalue weighted by Crippen LogP contribution is 2.25. The van der Waals surface area contributed by atoms with E-state index in [4.69, 9.17) is 0 Å². The van der Waals surface area contributed by atoms with Crippen LogP contribution in [0.3, 0.4) is 0 Å². The quantitative estimate of drug-likeness (QED) is 0.746. The summed E-state index contributed by atoms with van der Waals surface area (Å²) >= 11 is 0. The first kappa shape index (κ1) is 13.9. The molecule has 23 heavy (non-hydrogen) atoms. The van der Waals surface area contributed by atoms with Crippen LogP contribution in [0.15, 0.2) is 48.9 Å². The van der Waals surface area contributed by atoms with Gasteiger partial charge < -0.3 is 9.47 Å². The predicted octanol–water partition coefficient (Wildman–Crippen LogP) is 2.28. The van der Waals surface area contributed by atoms with E-state index in [0.29, 0.717) is 11.6 Å². The summed E-state index contributed by atoms with van der Waals surface area (Å²) < 4.78 is 2.12. The maximum Gasteiger partial charge on any atom is 0.272 e. The fraction of sp³-hybridized carbons (Fsp3) is 0.278. The van der Waals surface area contributed by atoms with E-state index in [-0.39, 0.29) is 5.91 Å². The molecule has 0 aliphatic carbocycles. The number of amides is 1. The van der Waals surface area contributed by atoms with Crippen LogP contribution in [0.2, 0.25) is 0 Å². The van der Waals surface area contributed by atoms with Crippen LogP contribution in [0, 0.1) is 5.92 Å². The second kappa shape index (κ2) is 5.50. The summed E-state index contributed by atoms with van der Waals surface area (Å²) in [6.45, 7) is 1.55. The average Bonchev–Trinajstić information content (AvgIpc) is 2.93. The lowest BCUT2D eigenvalue weighted by Gasteiger charge is -2.39. The maximum absolute atomic E-state index is 12.3. The minimum Gasteiger partial charge on any atom is -0.349 e. The van der Waals surface area contributed by atoms with Gasteiger partial charge in [0.25, 0.3) is 5.91 Å². The zero-order valence-electron chi connectivity index (χ0n) is 13.0. The number of hydrogen-bond acceptors (Lipinski definition) is 3. The van der Waals surface area contributed by atoms with E-state index in [1.165, 1.54) is 10.9 Å². The molecule has 3 aromatic heterocycles. The number of aromatic nitrogens is 3. The minimum atomic E-state index is 0.0203. The topological polar surface area (TPSA) is 51.0 Å². The summed E-state index contributed by atoms with van der Waals surface area (Å²) in [6, 6.07) is 9.58. The van der Waals surface area contributed by atoms with Gasteiger partial charge in [-0.2, -0.15) is 0 Å². The third kappa shape index (κ3) is 2.48. The van der Waals surface area contributed by atoms with Crippen molar-refractivity contribution in [1.82, 2.24) is 19.4 Å². The molecule has 1 aliphatic heterocycles. The third-order valence-electron chi connectivity index (χ3n) is 4.47. The van der Waals surface area contributed by atoms with Crippen molar-refractivity contribution >= 4 is 16.8 Å². The zero-order chi connectivity index (χ0) is 15.8. The SMILES string of the molecule is Cn1ccc2ccnc(CC3CN(C(=O)c4ccccn4)C3)c21. The van der Waals surface area contributed by atoms with Gasteiger partial charge in [-0.1, -0.05) is 6.07 Å². The van der Waals surface area contributed by atoms with Gasteiger partial charge in [0, 0.05) is 44.1 Å². The first-order valence-electron chi connectivity index (χ1n) is 7.81. The van der Waals surface area contributed by atoms with E-state index in [0.717, 1.165) is 25.2 Å². The van der Waals surface area contributed by atoms with Gasteiger partial charge in [0.2, 0.25) is 0 Å². The highest BCUT2D eigenvalue weighted by molar-refractivity contribution is 5.92. The normalized spacial score (nSPS) is 14.9. The average molecular weight is 306 g/mol. The van der Waals surface area contributed by atoms with Gasteiger partial charge in [-0.15, -0.1) is 0 Å². The Morgan fingerprint density at radius 3 is 2.83 bits per heavy atom. The van der Waals surface area contributed by atoms with E-state index in [2.05, 4.69) is 26.8 Å². The standard InChI is InChI=1S/C18H18N4O/c1-21-9-6-14-5-8-20-16(17(14)21)10-13-11-22(12-13)18(23)15-4-2-3-7-19-15/h2-9,13H,10-12H2,1H3. The van der Waals surface area contributed by atoms with Gasteiger partial charge in [-0.05, 0) is 36.6 Å². The van der Waals surface area contributed by atoms with Crippen molar-refractivity contribution < 1.29 is 4.79 Å². The fourth-order valence-corrected chi connectivity index (χ4v) is 3.26. The van der Waals surface area contributed by atoms with Gasteiger partial charge in [0.15, 0.2) is 0 Å². The summed E-state index contributed by atoms with van der Waals surface area (Å²) in [5.41, 5.74) is 2.83. The van der Waals surface area contributed by atoms with Crippen LogP contribution in [-0.2, 0) is 13.5 Å². The molecule has 0 unspecified atom stereocenters. The van der Waals surface area contributed by atoms with Gasteiger partial charge >= 0.3 is 0 Å². The lowest BCUT2D eigenvalue weighted by atomic mass is 9.93. The van der Waals surface area contributed by atoms with Gasteiger partial charge in [-0.3, -0.25) is 14.8 Å². The number of likely N-dealkylation sites (tertiary alicyclic amines) is 1. The monoisotopic (exact) mass is 306 g/mol. The van der Waals surface area contributed by atoms with Crippen molar-refractivity contribution in [2.24, 2.45) is 13.0 Å². The number of carbonyl (C=O) groups is 1. The molecule has 1 fully saturated rings. The molecule has 1 saturated heterocycles. The van der Waals surface area contributed by atoms with E-state index in [1.807, 2.05) is 36.3 Å². The van der Waals surface area contributed by atoms with Crippen LogP contribution in [0.5, 0.6) is 0 Å². The molecule has 1 amide bonds. The van der Waals surface area contributed by atoms with Crippen molar-refractivity contribution in [2.45, 2.75) is 6.42 Å². The minimum absolute atomic E-state index is 0.0203. The van der Waals surface area contributed by atoms with Gasteiger partial charge in [-0.25, -0.2) is 0 Å². The molecule has 1 aliphatic rings. The second-order valence-electron chi connectivity index (χ2n) is 6.12. The lowest BCUT2D eigenvalue weighted by molar-refractivity contribution is 0.0494. The van der Waals surface area contributed by atoms with Crippen LogP contribution in [0.25, 0.3) is 10.9 Å². The van der Waals surface area contributed by atoms with Crippen LogP contribution >= 0.6 is 0 Å². The van der Waals surface area contributed by atoms with Crippen LogP contribution in [0.1, 0.15) is 16.2 Å². The summed E-state index contributed by atoms with van der Waals surface area (Å²) in [7, 11) is 2.05. The molecule has 0 N–H and O–H groups in total. The van der Waals surface area contributed by atoms with Crippen molar-refractivity contribution in [3.63, 3.8) is 0 Å². The summed E-state index contributed by atoms with van der Waals surface area (Å²) in [4.78, 5) is 22.8. The zero-order valence-corrected chi connectivity index (χ0v) is 13.0. The molecule has 0 atom stereocenters. The number of pyridine rings is 2. The summed E-state index contributed by atoms with van der Waals surface area (Å²) in [5, 5.41) is 1.22. The number of carbonyl (C=O) groups excluding carboxylic acids is 1. The predicted molar refractivity (Wildman–Crippen MR) is 88.0 cm³/mol. The number of hydrogen-bond donors (Lipinski definition) is 0. The van der Waals surface area contributed by atoms with E-state index in [1.54, 1.807) is 12.3 Å². The van der Waals surface area contributed by atoms with Crippen molar-refractivity contribution in [3.05, 3.63) is 60.3 Å². The first-order chi connectivity index (χ1) is 11.2. The third-order valence-corrected chi connectivity index (χ3v) is 4.47. The summed E-state index contributed by atoms with van der Waals surface area (Å²) in [5.74, 6) is 0.488. The molecule has 0 aromatic carbocycles. The first-order valence-corrected chi connectivity index (χ1v) is 7.81. The van der Waals surface area contributed by atoms with Gasteiger partial charge in [0.05, 0.1) is 11.2 Å². The molecule has 0 bridgehead atoms. The van der Waals surface area contributed by atoms with Crippen LogP contribution < -0.4 is 0 Å². The Kier molecular flexibility index (Phi) is 3.33. The Morgan fingerprint density at radius 1 is 1.17 bits per heavy atom. The maximum atomic E-state index is 12.3. The Labute approximate surface area is 134 Å². The molecule has 116 valence electrons. The second-order valence-corrected chi connectivity index (χ2v) is 6.12. The van der Waals surface area contributed by atoms with Crippen LogP contribution in [-0.4, -0.2) is 38.4 Å². The highest BCUT2D eigenvalue weighted by atomic mass is 16.2. The molecule has 0 radical (unpaired) electrons. The lowest BCUT2D eigenvalue weighted by Crippen LogP contribution is -2.51. The number of rotatable bonds is 3. The van der Waals surface area contributed by atoms with Crippen molar-refractivity contribution in [2.75, 3.05) is 13.1 Å². The molecular formula is C18H18N4O. The van der Waals surface area contributed by atoms with E-state index < -0.39 is 0 Å². The molecular weight excluding hydrogens is 288 g/mol. The Hall–Kier alpha value is -2.69. The summed E-state index contributed by atoms with van der Waals surface area (Å²) in [6.07, 6.45) is 6.49. The molecule has 4 rings (SSSR count). The molecule has 5 heteroatoms. The van der Waals surface area contributed by atoms with E-state index >= 15 is 0 Å². The number of nitrogens with zero attached hydrogens (tertiary/aromatic N) is 4. The molecule has 5 nitrogen and oxygen atoms in total. The fourth-order valence-electron chi connectivity index (χ4n) is 3.26. The van der Waals surface area contributed by atoms with Crippen molar-refractivity contribution in [3.8, 4) is 0 Å². The number of fused-ring (bicyclic) bond motifs is 1. The highest BCUT2D eigenvalue weighted by Gasteiger charge is 2.32. The smallest absolute Gasteiger partial charge is 0.272 e. The largest absolute Gasteiger partial charge is 0.349 e. The Morgan fingerprint density at radius 2 is 2.04 bits per heavy atom. The molecule has 3 aromatic rings. The molecule has 0 spiro atoms. The van der Waals surface area contributed by atoms with Crippen LogP contribution in [0.4, 0.5) is 0 Å². The molecule has 4 heterocycles. The van der Waals surface area contributed by atoms with E-state index in [9.17, 15) is 4.79 Å². The molecule has 0 saturated carbocycles. The Bertz CT molecular complexity index is 850.